The molecule has 4 heterocycles. The first-order valence-electron chi connectivity index (χ1n) is 11.6. The van der Waals surface area contributed by atoms with E-state index < -0.39 is 11.2 Å². The third-order valence-corrected chi connectivity index (χ3v) is 7.48. The molecule has 9 heteroatoms. The zero-order chi connectivity index (χ0) is 25.1. The van der Waals surface area contributed by atoms with Crippen LogP contribution in [0.4, 0.5) is 0 Å². The maximum atomic E-state index is 13.9. The number of amides is 1. The van der Waals surface area contributed by atoms with Gasteiger partial charge in [-0.15, -0.1) is 0 Å². The van der Waals surface area contributed by atoms with Crippen LogP contribution in [0.3, 0.4) is 0 Å². The number of hydrogen-bond donors (Lipinski definition) is 2. The van der Waals surface area contributed by atoms with E-state index in [4.69, 9.17) is 11.6 Å². The molecular formula is C27H22ClN5O3. The quantitative estimate of drug-likeness (QED) is 0.381. The average Bonchev–Trinajstić information content (AvgIpc) is 3.28. The van der Waals surface area contributed by atoms with Crippen LogP contribution in [0.1, 0.15) is 46.1 Å². The number of carbonyl (C=O) groups excluding carboxylic acids is 1. The van der Waals surface area contributed by atoms with Crippen molar-refractivity contribution in [2.24, 2.45) is 7.05 Å². The SMILES string of the molecule is CC1c2[nH]c3ccccc3c2C(c2ccccc2Cl)CN1C(=O)c1cnc2c(c1)c(=O)[nH]c(=O)n2C. The van der Waals surface area contributed by atoms with Crippen molar-refractivity contribution < 1.29 is 4.79 Å². The van der Waals surface area contributed by atoms with E-state index in [0.29, 0.717) is 11.6 Å². The Bertz CT molecular complexity index is 1800. The molecule has 1 aliphatic rings. The summed E-state index contributed by atoms with van der Waals surface area (Å²) in [5.41, 5.74) is 3.40. The van der Waals surface area contributed by atoms with Crippen LogP contribution < -0.4 is 11.2 Å². The van der Waals surface area contributed by atoms with Gasteiger partial charge in [0.15, 0.2) is 0 Å². The van der Waals surface area contributed by atoms with Gasteiger partial charge in [0.25, 0.3) is 11.5 Å². The molecule has 0 saturated heterocycles. The summed E-state index contributed by atoms with van der Waals surface area (Å²) in [4.78, 5) is 50.1. The number of benzene rings is 2. The first kappa shape index (κ1) is 22.3. The van der Waals surface area contributed by atoms with Crippen LogP contribution in [-0.2, 0) is 7.05 Å². The standard InChI is InChI=1S/C27H22ClN5O3/c1-14-23-22(17-8-4-6-10-21(17)30-23)19(16-7-3-5-9-20(16)28)13-33(14)26(35)15-11-18-24(29-12-15)32(2)27(36)31-25(18)34/h3-12,14,19,30H,13H2,1-2H3,(H,31,34,36). The number of carbonyl (C=O) groups is 1. The van der Waals surface area contributed by atoms with Gasteiger partial charge < -0.3 is 9.88 Å². The predicted molar refractivity (Wildman–Crippen MR) is 139 cm³/mol. The van der Waals surface area contributed by atoms with Crippen molar-refractivity contribution in [2.45, 2.75) is 18.9 Å². The third-order valence-electron chi connectivity index (χ3n) is 7.13. The number of aryl methyl sites for hydroxylation is 1. The lowest BCUT2D eigenvalue weighted by Gasteiger charge is -2.38. The Morgan fingerprint density at radius 2 is 1.81 bits per heavy atom. The molecule has 0 saturated carbocycles. The molecule has 0 aliphatic carbocycles. The van der Waals surface area contributed by atoms with Gasteiger partial charge in [-0.05, 0) is 36.2 Å². The number of nitrogens with one attached hydrogen (secondary N) is 2. The molecule has 36 heavy (non-hydrogen) atoms. The van der Waals surface area contributed by atoms with Crippen LogP contribution in [0, 0.1) is 0 Å². The zero-order valence-electron chi connectivity index (χ0n) is 19.6. The Hall–Kier alpha value is -4.17. The molecule has 1 aliphatic heterocycles. The minimum Gasteiger partial charge on any atom is -0.356 e. The van der Waals surface area contributed by atoms with E-state index in [1.54, 1.807) is 4.90 Å². The second-order valence-electron chi connectivity index (χ2n) is 9.12. The summed E-state index contributed by atoms with van der Waals surface area (Å²) in [5, 5.41) is 1.93. The van der Waals surface area contributed by atoms with Crippen LogP contribution in [-0.4, -0.2) is 36.9 Å². The number of nitrogens with zero attached hydrogens (tertiary/aromatic N) is 3. The van der Waals surface area contributed by atoms with E-state index in [0.717, 1.165) is 27.7 Å². The fraction of sp³-hybridized carbons (Fsp3) is 0.185. The highest BCUT2D eigenvalue weighted by molar-refractivity contribution is 6.31. The molecule has 5 aromatic rings. The van der Waals surface area contributed by atoms with Crippen molar-refractivity contribution in [1.29, 1.82) is 0 Å². The second kappa shape index (κ2) is 8.20. The predicted octanol–water partition coefficient (Wildman–Crippen LogP) is 4.11. The number of H-pyrrole nitrogens is 2. The van der Waals surface area contributed by atoms with Crippen LogP contribution in [0.2, 0.25) is 5.02 Å². The molecule has 2 N–H and O–H groups in total. The Kier molecular flexibility index (Phi) is 5.08. The summed E-state index contributed by atoms with van der Waals surface area (Å²) in [6, 6.07) is 17.0. The molecule has 1 amide bonds. The van der Waals surface area contributed by atoms with Gasteiger partial charge in [0.1, 0.15) is 5.65 Å². The van der Waals surface area contributed by atoms with Crippen molar-refractivity contribution in [3.8, 4) is 0 Å². The molecule has 8 nitrogen and oxygen atoms in total. The lowest BCUT2D eigenvalue weighted by atomic mass is 9.83. The van der Waals surface area contributed by atoms with Gasteiger partial charge in [0.2, 0.25) is 0 Å². The van der Waals surface area contributed by atoms with Gasteiger partial charge in [0.05, 0.1) is 17.0 Å². The van der Waals surface area contributed by atoms with Crippen molar-refractivity contribution in [2.75, 3.05) is 6.54 Å². The molecule has 0 bridgehead atoms. The van der Waals surface area contributed by atoms with Gasteiger partial charge in [-0.2, -0.15) is 0 Å². The Morgan fingerprint density at radius 1 is 1.06 bits per heavy atom. The number of fused-ring (bicyclic) bond motifs is 4. The summed E-state index contributed by atoms with van der Waals surface area (Å²) in [7, 11) is 1.52. The van der Waals surface area contributed by atoms with Crippen molar-refractivity contribution in [1.82, 2.24) is 24.4 Å². The van der Waals surface area contributed by atoms with E-state index in [9.17, 15) is 14.4 Å². The minimum absolute atomic E-state index is 0.150. The van der Waals surface area contributed by atoms with Crippen molar-refractivity contribution in [3.05, 3.63) is 109 Å². The second-order valence-corrected chi connectivity index (χ2v) is 9.53. The molecule has 2 unspecified atom stereocenters. The number of aromatic nitrogens is 4. The highest BCUT2D eigenvalue weighted by Gasteiger charge is 2.38. The highest BCUT2D eigenvalue weighted by Crippen LogP contribution is 2.44. The Morgan fingerprint density at radius 3 is 2.61 bits per heavy atom. The molecule has 0 radical (unpaired) electrons. The van der Waals surface area contributed by atoms with E-state index in [-0.39, 0.29) is 34.5 Å². The maximum Gasteiger partial charge on any atom is 0.329 e. The van der Waals surface area contributed by atoms with Gasteiger partial charge in [-0.3, -0.25) is 19.1 Å². The molecule has 3 aromatic heterocycles. The summed E-state index contributed by atoms with van der Waals surface area (Å²) in [6.45, 7) is 2.39. The van der Waals surface area contributed by atoms with Gasteiger partial charge in [-0.25, -0.2) is 9.78 Å². The monoisotopic (exact) mass is 499 g/mol. The zero-order valence-corrected chi connectivity index (χ0v) is 20.3. The molecule has 2 aromatic carbocycles. The molecule has 0 fully saturated rings. The number of rotatable bonds is 2. The summed E-state index contributed by atoms with van der Waals surface area (Å²) in [6.07, 6.45) is 1.42. The molecule has 6 rings (SSSR count). The van der Waals surface area contributed by atoms with E-state index in [1.165, 1.54) is 23.9 Å². The van der Waals surface area contributed by atoms with E-state index >= 15 is 0 Å². The van der Waals surface area contributed by atoms with Gasteiger partial charge >= 0.3 is 5.69 Å². The Labute approximate surface area is 210 Å². The summed E-state index contributed by atoms with van der Waals surface area (Å²) >= 11 is 6.64. The van der Waals surface area contributed by atoms with Crippen LogP contribution in [0.25, 0.3) is 21.9 Å². The number of aromatic amines is 2. The lowest BCUT2D eigenvalue weighted by molar-refractivity contribution is 0.0662. The number of pyridine rings is 1. The molecule has 2 atom stereocenters. The van der Waals surface area contributed by atoms with Crippen LogP contribution in [0.5, 0.6) is 0 Å². The van der Waals surface area contributed by atoms with Crippen molar-refractivity contribution >= 4 is 39.4 Å². The maximum absolute atomic E-state index is 13.9. The largest absolute Gasteiger partial charge is 0.356 e. The molecular weight excluding hydrogens is 478 g/mol. The number of para-hydroxylation sites is 1. The fourth-order valence-corrected chi connectivity index (χ4v) is 5.55. The van der Waals surface area contributed by atoms with Crippen LogP contribution in [0.15, 0.2) is 70.4 Å². The van der Waals surface area contributed by atoms with Crippen molar-refractivity contribution in [3.63, 3.8) is 0 Å². The first-order chi connectivity index (χ1) is 17.3. The lowest BCUT2D eigenvalue weighted by Crippen LogP contribution is -2.41. The topological polar surface area (TPSA) is 104 Å². The molecule has 180 valence electrons. The van der Waals surface area contributed by atoms with E-state index in [2.05, 4.69) is 21.0 Å². The highest BCUT2D eigenvalue weighted by atomic mass is 35.5. The molecule has 0 spiro atoms. The summed E-state index contributed by atoms with van der Waals surface area (Å²) < 4.78 is 1.25. The number of halogens is 1. The van der Waals surface area contributed by atoms with Gasteiger partial charge in [0, 0.05) is 47.3 Å². The number of hydrogen-bond acceptors (Lipinski definition) is 4. The van der Waals surface area contributed by atoms with E-state index in [1.807, 2.05) is 49.4 Å². The summed E-state index contributed by atoms with van der Waals surface area (Å²) in [5.74, 6) is -0.408. The smallest absolute Gasteiger partial charge is 0.329 e. The Balaban J connectivity index is 1.50. The minimum atomic E-state index is -0.575. The fourth-order valence-electron chi connectivity index (χ4n) is 5.28. The van der Waals surface area contributed by atoms with Gasteiger partial charge in [-0.1, -0.05) is 48.0 Å². The normalized spacial score (nSPS) is 17.5. The average molecular weight is 500 g/mol. The first-order valence-corrected chi connectivity index (χ1v) is 12.0. The van der Waals surface area contributed by atoms with Crippen LogP contribution >= 0.6 is 11.6 Å². The third kappa shape index (κ3) is 3.29.